The van der Waals surface area contributed by atoms with Gasteiger partial charge in [-0.1, -0.05) is 42.7 Å². The normalized spacial score (nSPS) is 17.8. The number of benzene rings is 1. The molecule has 4 amide bonds. The summed E-state index contributed by atoms with van der Waals surface area (Å²) in [5, 5.41) is 8.23. The number of hydrogen-bond acceptors (Lipinski definition) is 5. The van der Waals surface area contributed by atoms with E-state index in [1.54, 1.807) is 5.38 Å². The summed E-state index contributed by atoms with van der Waals surface area (Å²) in [7, 11) is 0. The third-order valence-electron chi connectivity index (χ3n) is 5.58. The molecule has 4 rings (SSSR count). The lowest BCUT2D eigenvalue weighted by Gasteiger charge is -2.20. The summed E-state index contributed by atoms with van der Waals surface area (Å²) in [6, 6.07) is 7.70. The van der Waals surface area contributed by atoms with Crippen molar-refractivity contribution in [2.75, 3.05) is 13.1 Å². The summed E-state index contributed by atoms with van der Waals surface area (Å²) in [6.07, 6.45) is 3.88. The molecule has 2 fully saturated rings. The summed E-state index contributed by atoms with van der Waals surface area (Å²) in [5.41, 5.74) is 1.87. The smallest absolute Gasteiger partial charge is 0.325 e. The van der Waals surface area contributed by atoms with Crippen LogP contribution in [0.1, 0.15) is 48.2 Å². The number of thiazole rings is 1. The van der Waals surface area contributed by atoms with E-state index in [9.17, 15) is 14.4 Å². The molecule has 1 saturated carbocycles. The Bertz CT molecular complexity index is 932. The predicted molar refractivity (Wildman–Crippen MR) is 111 cm³/mol. The van der Waals surface area contributed by atoms with Crippen LogP contribution >= 0.6 is 11.3 Å². The SMILES string of the molecule is Cc1ccc(-c2nc(C(=O)NCCCN3C(=O)NC4(CCCC4)C3=O)cs2)cc1. The van der Waals surface area contributed by atoms with Crippen LogP contribution in [0, 0.1) is 6.92 Å². The van der Waals surface area contributed by atoms with E-state index in [4.69, 9.17) is 0 Å². The Hall–Kier alpha value is -2.74. The highest BCUT2D eigenvalue weighted by Crippen LogP contribution is 2.35. The summed E-state index contributed by atoms with van der Waals surface area (Å²) in [4.78, 5) is 42.8. The van der Waals surface area contributed by atoms with Crippen LogP contribution in [0.5, 0.6) is 0 Å². The van der Waals surface area contributed by atoms with Crippen molar-refractivity contribution in [2.45, 2.75) is 44.6 Å². The van der Waals surface area contributed by atoms with Gasteiger partial charge in [-0.25, -0.2) is 9.78 Å². The Morgan fingerprint density at radius 2 is 1.97 bits per heavy atom. The first-order valence-corrected chi connectivity index (χ1v) is 10.8. The number of aromatic nitrogens is 1. The van der Waals surface area contributed by atoms with Gasteiger partial charge in [0.25, 0.3) is 11.8 Å². The van der Waals surface area contributed by atoms with Gasteiger partial charge in [-0.2, -0.15) is 0 Å². The first-order valence-electron chi connectivity index (χ1n) is 9.93. The van der Waals surface area contributed by atoms with E-state index >= 15 is 0 Å². The molecule has 0 bridgehead atoms. The van der Waals surface area contributed by atoms with Crippen molar-refractivity contribution in [3.8, 4) is 10.6 Å². The van der Waals surface area contributed by atoms with Crippen LogP contribution in [0.15, 0.2) is 29.6 Å². The Kier molecular flexibility index (Phi) is 5.36. The fraction of sp³-hybridized carbons (Fsp3) is 0.429. The highest BCUT2D eigenvalue weighted by atomic mass is 32.1. The Morgan fingerprint density at radius 1 is 1.24 bits per heavy atom. The first-order chi connectivity index (χ1) is 14.0. The largest absolute Gasteiger partial charge is 0.351 e. The summed E-state index contributed by atoms with van der Waals surface area (Å²) >= 11 is 1.43. The lowest BCUT2D eigenvalue weighted by atomic mass is 9.98. The number of urea groups is 1. The quantitative estimate of drug-likeness (QED) is 0.563. The van der Waals surface area contributed by atoms with Crippen molar-refractivity contribution in [3.05, 3.63) is 40.9 Å². The van der Waals surface area contributed by atoms with Crippen LogP contribution in [-0.4, -0.2) is 46.4 Å². The molecular formula is C21H24N4O3S. The molecule has 7 nitrogen and oxygen atoms in total. The molecule has 152 valence electrons. The topological polar surface area (TPSA) is 91.4 Å². The fourth-order valence-corrected chi connectivity index (χ4v) is 4.74. The zero-order chi connectivity index (χ0) is 20.4. The van der Waals surface area contributed by atoms with Crippen molar-refractivity contribution in [1.82, 2.24) is 20.5 Å². The van der Waals surface area contributed by atoms with Gasteiger partial charge in [0.2, 0.25) is 0 Å². The minimum Gasteiger partial charge on any atom is -0.351 e. The monoisotopic (exact) mass is 412 g/mol. The molecule has 0 atom stereocenters. The zero-order valence-electron chi connectivity index (χ0n) is 16.4. The maximum absolute atomic E-state index is 12.6. The Balaban J connectivity index is 1.27. The number of nitrogens with one attached hydrogen (secondary N) is 2. The summed E-state index contributed by atoms with van der Waals surface area (Å²) in [5.74, 6) is -0.363. The second-order valence-corrected chi connectivity index (χ2v) is 8.55. The number of hydrogen-bond donors (Lipinski definition) is 2. The van der Waals surface area contributed by atoms with Crippen LogP contribution in [0.25, 0.3) is 10.6 Å². The molecule has 8 heteroatoms. The highest BCUT2D eigenvalue weighted by molar-refractivity contribution is 7.13. The van der Waals surface area contributed by atoms with Crippen LogP contribution in [-0.2, 0) is 4.79 Å². The number of aryl methyl sites for hydroxylation is 1. The van der Waals surface area contributed by atoms with E-state index in [1.807, 2.05) is 31.2 Å². The van der Waals surface area contributed by atoms with Crippen molar-refractivity contribution in [2.24, 2.45) is 0 Å². The van der Waals surface area contributed by atoms with Gasteiger partial charge in [-0.05, 0) is 26.2 Å². The van der Waals surface area contributed by atoms with E-state index in [-0.39, 0.29) is 17.8 Å². The molecule has 1 saturated heterocycles. The van der Waals surface area contributed by atoms with Gasteiger partial charge in [0.15, 0.2) is 0 Å². The average Bonchev–Trinajstić information content (AvgIpc) is 3.42. The van der Waals surface area contributed by atoms with Gasteiger partial charge in [-0.15, -0.1) is 11.3 Å². The number of carbonyl (C=O) groups excluding carboxylic acids is 3. The molecule has 1 spiro atoms. The Labute approximate surface area is 173 Å². The minimum atomic E-state index is -0.673. The number of carbonyl (C=O) groups is 3. The maximum atomic E-state index is 12.6. The second kappa shape index (κ2) is 7.94. The molecule has 0 radical (unpaired) electrons. The van der Waals surface area contributed by atoms with Gasteiger partial charge in [0, 0.05) is 24.0 Å². The van der Waals surface area contributed by atoms with E-state index in [1.165, 1.54) is 21.8 Å². The molecule has 0 unspecified atom stereocenters. The lowest BCUT2D eigenvalue weighted by molar-refractivity contribution is -0.131. The Morgan fingerprint density at radius 3 is 2.69 bits per heavy atom. The third-order valence-corrected chi connectivity index (χ3v) is 6.47. The van der Waals surface area contributed by atoms with Gasteiger partial charge < -0.3 is 10.6 Å². The molecule has 2 aromatic rings. The molecule has 29 heavy (non-hydrogen) atoms. The molecule has 1 aliphatic carbocycles. The molecule has 1 aromatic carbocycles. The molecule has 2 heterocycles. The predicted octanol–water partition coefficient (Wildman–Crippen LogP) is 3.10. The van der Waals surface area contributed by atoms with E-state index in [2.05, 4.69) is 15.6 Å². The maximum Gasteiger partial charge on any atom is 0.325 e. The fourth-order valence-electron chi connectivity index (χ4n) is 3.93. The standard InChI is InChI=1S/C21H24N4O3S/c1-14-5-7-15(8-6-14)18-23-16(13-29-18)17(26)22-11-4-12-25-19(27)21(24-20(25)28)9-2-3-10-21/h5-8,13H,2-4,9-12H2,1H3,(H,22,26)(H,24,28). The highest BCUT2D eigenvalue weighted by Gasteiger charge is 2.51. The minimum absolute atomic E-state index is 0.117. The third kappa shape index (κ3) is 3.89. The molecular weight excluding hydrogens is 388 g/mol. The first kappa shape index (κ1) is 19.6. The van der Waals surface area contributed by atoms with Crippen molar-refractivity contribution in [3.63, 3.8) is 0 Å². The number of rotatable bonds is 6. The van der Waals surface area contributed by atoms with E-state index in [0.717, 1.165) is 36.3 Å². The van der Waals surface area contributed by atoms with E-state index in [0.29, 0.717) is 25.2 Å². The summed E-state index contributed by atoms with van der Waals surface area (Å²) < 4.78 is 0. The average molecular weight is 413 g/mol. The van der Waals surface area contributed by atoms with Gasteiger partial charge in [0.05, 0.1) is 0 Å². The van der Waals surface area contributed by atoms with Crippen LogP contribution < -0.4 is 10.6 Å². The molecule has 2 N–H and O–H groups in total. The van der Waals surface area contributed by atoms with Gasteiger partial charge in [0.1, 0.15) is 16.2 Å². The zero-order valence-corrected chi connectivity index (χ0v) is 17.2. The van der Waals surface area contributed by atoms with Crippen molar-refractivity contribution < 1.29 is 14.4 Å². The number of nitrogens with zero attached hydrogens (tertiary/aromatic N) is 2. The number of imide groups is 1. The lowest BCUT2D eigenvalue weighted by Crippen LogP contribution is -2.44. The number of amides is 4. The van der Waals surface area contributed by atoms with E-state index < -0.39 is 5.54 Å². The van der Waals surface area contributed by atoms with Crippen molar-refractivity contribution >= 4 is 29.2 Å². The molecule has 2 aliphatic rings. The second-order valence-electron chi connectivity index (χ2n) is 7.69. The molecule has 1 aromatic heterocycles. The van der Waals surface area contributed by atoms with Crippen LogP contribution in [0.2, 0.25) is 0 Å². The molecule has 1 aliphatic heterocycles. The summed E-state index contributed by atoms with van der Waals surface area (Å²) in [6.45, 7) is 2.70. The van der Waals surface area contributed by atoms with Crippen LogP contribution in [0.4, 0.5) is 4.79 Å². The van der Waals surface area contributed by atoms with Crippen LogP contribution in [0.3, 0.4) is 0 Å². The van der Waals surface area contributed by atoms with Gasteiger partial charge in [-0.3, -0.25) is 14.5 Å². The van der Waals surface area contributed by atoms with Crippen molar-refractivity contribution in [1.29, 1.82) is 0 Å². The van der Waals surface area contributed by atoms with Gasteiger partial charge >= 0.3 is 6.03 Å².